The Hall–Kier alpha value is -2.03. The van der Waals surface area contributed by atoms with E-state index in [1.807, 2.05) is 31.2 Å². The molecule has 0 saturated carbocycles. The standard InChI is InChI=1S/C17H18FNO/c1-11-7-13(18)9-14(8-11)19-17-12(2)10-20-16-6-4-3-5-15(16)17/h3-9,12,17,19H,10H2,1-2H3. The molecule has 0 bridgehead atoms. The van der Waals surface area contributed by atoms with Crippen LogP contribution in [-0.4, -0.2) is 6.61 Å². The van der Waals surface area contributed by atoms with Crippen molar-refractivity contribution in [1.82, 2.24) is 0 Å². The maximum Gasteiger partial charge on any atom is 0.125 e. The molecule has 1 aliphatic rings. The summed E-state index contributed by atoms with van der Waals surface area (Å²) in [5, 5.41) is 3.45. The van der Waals surface area contributed by atoms with Gasteiger partial charge in [-0.2, -0.15) is 0 Å². The molecule has 2 aromatic carbocycles. The SMILES string of the molecule is Cc1cc(F)cc(NC2c3ccccc3OCC2C)c1. The Labute approximate surface area is 118 Å². The zero-order chi connectivity index (χ0) is 14.1. The van der Waals surface area contributed by atoms with Crippen LogP contribution in [-0.2, 0) is 0 Å². The molecular weight excluding hydrogens is 253 g/mol. The summed E-state index contributed by atoms with van der Waals surface area (Å²) in [6, 6.07) is 13.2. The highest BCUT2D eigenvalue weighted by Gasteiger charge is 2.27. The molecule has 0 aliphatic carbocycles. The van der Waals surface area contributed by atoms with Crippen LogP contribution in [0.2, 0.25) is 0 Å². The van der Waals surface area contributed by atoms with E-state index in [1.165, 1.54) is 12.1 Å². The van der Waals surface area contributed by atoms with E-state index >= 15 is 0 Å². The van der Waals surface area contributed by atoms with Crippen LogP contribution in [0.1, 0.15) is 24.1 Å². The summed E-state index contributed by atoms with van der Waals surface area (Å²) in [4.78, 5) is 0. The highest BCUT2D eigenvalue weighted by atomic mass is 19.1. The van der Waals surface area contributed by atoms with E-state index in [-0.39, 0.29) is 11.9 Å². The van der Waals surface area contributed by atoms with Crippen molar-refractivity contribution < 1.29 is 9.13 Å². The average molecular weight is 271 g/mol. The summed E-state index contributed by atoms with van der Waals surface area (Å²) in [5.41, 5.74) is 2.87. The van der Waals surface area contributed by atoms with Crippen molar-refractivity contribution in [1.29, 1.82) is 0 Å². The second-order valence-corrected chi connectivity index (χ2v) is 5.47. The van der Waals surface area contributed by atoms with Crippen molar-refractivity contribution in [2.24, 2.45) is 5.92 Å². The van der Waals surface area contributed by atoms with Gasteiger partial charge in [0, 0.05) is 17.2 Å². The molecular formula is C17H18FNO. The normalized spacial score (nSPS) is 20.9. The number of hydrogen-bond donors (Lipinski definition) is 1. The molecule has 0 aromatic heterocycles. The lowest BCUT2D eigenvalue weighted by Crippen LogP contribution is -2.28. The predicted molar refractivity (Wildman–Crippen MR) is 78.6 cm³/mol. The van der Waals surface area contributed by atoms with E-state index in [9.17, 15) is 4.39 Å². The second kappa shape index (κ2) is 5.16. The minimum Gasteiger partial charge on any atom is -0.493 e. The van der Waals surface area contributed by atoms with Crippen LogP contribution in [0.15, 0.2) is 42.5 Å². The fourth-order valence-electron chi connectivity index (χ4n) is 2.71. The van der Waals surface area contributed by atoms with Crippen molar-refractivity contribution in [3.63, 3.8) is 0 Å². The summed E-state index contributed by atoms with van der Waals surface area (Å²) < 4.78 is 19.2. The summed E-state index contributed by atoms with van der Waals surface area (Å²) in [5.74, 6) is 1.03. The van der Waals surface area contributed by atoms with E-state index in [4.69, 9.17) is 4.74 Å². The number of halogens is 1. The highest BCUT2D eigenvalue weighted by Crippen LogP contribution is 2.37. The van der Waals surface area contributed by atoms with Crippen LogP contribution in [0.25, 0.3) is 0 Å². The van der Waals surface area contributed by atoms with Gasteiger partial charge in [-0.1, -0.05) is 25.1 Å². The molecule has 0 spiro atoms. The first-order chi connectivity index (χ1) is 9.63. The molecule has 0 fully saturated rings. The van der Waals surface area contributed by atoms with Gasteiger partial charge in [-0.05, 0) is 36.8 Å². The molecule has 0 amide bonds. The zero-order valence-corrected chi connectivity index (χ0v) is 11.7. The topological polar surface area (TPSA) is 21.3 Å². The Bertz CT molecular complexity index is 606. The van der Waals surface area contributed by atoms with Crippen molar-refractivity contribution in [3.8, 4) is 5.75 Å². The summed E-state index contributed by atoms with van der Waals surface area (Å²) in [7, 11) is 0. The molecule has 20 heavy (non-hydrogen) atoms. The second-order valence-electron chi connectivity index (χ2n) is 5.47. The number of hydrogen-bond acceptors (Lipinski definition) is 2. The first-order valence-electron chi connectivity index (χ1n) is 6.89. The van der Waals surface area contributed by atoms with Crippen LogP contribution in [0.4, 0.5) is 10.1 Å². The fourth-order valence-corrected chi connectivity index (χ4v) is 2.71. The highest BCUT2D eigenvalue weighted by molar-refractivity contribution is 5.50. The number of aryl methyl sites for hydroxylation is 1. The van der Waals surface area contributed by atoms with Crippen molar-refractivity contribution in [3.05, 3.63) is 59.4 Å². The molecule has 0 saturated heterocycles. The van der Waals surface area contributed by atoms with Crippen LogP contribution in [0.5, 0.6) is 5.75 Å². The zero-order valence-electron chi connectivity index (χ0n) is 11.7. The number of fused-ring (bicyclic) bond motifs is 1. The number of rotatable bonds is 2. The summed E-state index contributed by atoms with van der Waals surface area (Å²) >= 11 is 0. The number of benzene rings is 2. The van der Waals surface area contributed by atoms with Gasteiger partial charge in [0.05, 0.1) is 12.6 Å². The van der Waals surface area contributed by atoms with Gasteiger partial charge in [0.1, 0.15) is 11.6 Å². The number of ether oxygens (including phenoxy) is 1. The summed E-state index contributed by atoms with van der Waals surface area (Å²) in [6.07, 6.45) is 0. The van der Waals surface area contributed by atoms with Gasteiger partial charge in [0.25, 0.3) is 0 Å². The third kappa shape index (κ3) is 2.48. The fraction of sp³-hybridized carbons (Fsp3) is 0.294. The number of para-hydroxylation sites is 1. The van der Waals surface area contributed by atoms with Crippen LogP contribution in [0, 0.1) is 18.7 Å². The van der Waals surface area contributed by atoms with Gasteiger partial charge >= 0.3 is 0 Å². The molecule has 2 aromatic rings. The first kappa shape index (κ1) is 13.0. The molecule has 2 unspecified atom stereocenters. The third-order valence-electron chi connectivity index (χ3n) is 3.69. The Morgan fingerprint density at radius 2 is 2.00 bits per heavy atom. The Kier molecular flexibility index (Phi) is 3.35. The molecule has 3 heteroatoms. The van der Waals surface area contributed by atoms with E-state index < -0.39 is 0 Å². The minimum atomic E-state index is -0.208. The number of anilines is 1. The summed E-state index contributed by atoms with van der Waals surface area (Å²) in [6.45, 7) is 4.71. The van der Waals surface area contributed by atoms with Gasteiger partial charge in [0.15, 0.2) is 0 Å². The molecule has 1 aliphatic heterocycles. The number of nitrogens with one attached hydrogen (secondary N) is 1. The van der Waals surface area contributed by atoms with E-state index in [0.717, 1.165) is 22.6 Å². The van der Waals surface area contributed by atoms with Gasteiger partial charge in [0.2, 0.25) is 0 Å². The largest absolute Gasteiger partial charge is 0.493 e. The monoisotopic (exact) mass is 271 g/mol. The van der Waals surface area contributed by atoms with Crippen molar-refractivity contribution in [2.45, 2.75) is 19.9 Å². The lowest BCUT2D eigenvalue weighted by atomic mass is 9.91. The van der Waals surface area contributed by atoms with Crippen LogP contribution in [0.3, 0.4) is 0 Å². The maximum atomic E-state index is 13.5. The molecule has 104 valence electrons. The van der Waals surface area contributed by atoms with Gasteiger partial charge in [-0.3, -0.25) is 0 Å². The molecule has 3 rings (SSSR count). The Morgan fingerprint density at radius 3 is 2.80 bits per heavy atom. The molecule has 1 heterocycles. The van der Waals surface area contributed by atoms with Gasteiger partial charge < -0.3 is 10.1 Å². The van der Waals surface area contributed by atoms with Crippen LogP contribution >= 0.6 is 0 Å². The molecule has 2 atom stereocenters. The quantitative estimate of drug-likeness (QED) is 0.878. The van der Waals surface area contributed by atoms with E-state index in [1.54, 1.807) is 0 Å². The first-order valence-corrected chi connectivity index (χ1v) is 6.89. The average Bonchev–Trinajstić information content (AvgIpc) is 2.41. The molecule has 2 nitrogen and oxygen atoms in total. The third-order valence-corrected chi connectivity index (χ3v) is 3.69. The van der Waals surface area contributed by atoms with Crippen molar-refractivity contribution >= 4 is 5.69 Å². The minimum absolute atomic E-state index is 0.140. The van der Waals surface area contributed by atoms with E-state index in [0.29, 0.717) is 12.5 Å². The smallest absolute Gasteiger partial charge is 0.125 e. The Morgan fingerprint density at radius 1 is 1.20 bits per heavy atom. The van der Waals surface area contributed by atoms with Gasteiger partial charge in [-0.25, -0.2) is 4.39 Å². The van der Waals surface area contributed by atoms with Gasteiger partial charge in [-0.15, -0.1) is 0 Å². The molecule has 1 N–H and O–H groups in total. The van der Waals surface area contributed by atoms with E-state index in [2.05, 4.69) is 18.3 Å². The maximum absolute atomic E-state index is 13.5. The molecule has 0 radical (unpaired) electrons. The van der Waals surface area contributed by atoms with Crippen molar-refractivity contribution in [2.75, 3.05) is 11.9 Å². The van der Waals surface area contributed by atoms with Crippen LogP contribution < -0.4 is 10.1 Å². The predicted octanol–water partition coefficient (Wildman–Crippen LogP) is 4.32. The Balaban J connectivity index is 1.93. The lowest BCUT2D eigenvalue weighted by Gasteiger charge is -2.32. The lowest BCUT2D eigenvalue weighted by molar-refractivity contribution is 0.214.